The Morgan fingerprint density at radius 2 is 2.04 bits per heavy atom. The first kappa shape index (κ1) is 19.8. The number of hydrogen-bond acceptors (Lipinski definition) is 4. The molecule has 28 heavy (non-hydrogen) atoms. The number of likely N-dealkylation sites (N-methyl/N-ethyl adjacent to an activating group) is 1. The third-order valence-electron chi connectivity index (χ3n) is 4.94. The maximum atomic E-state index is 12.6. The number of aliphatic hydroxyl groups is 1. The number of hydrogen-bond donors (Lipinski definition) is 2. The fourth-order valence-electron chi connectivity index (χ4n) is 3.25. The SMILES string of the molecule is Cc1ccc(C(=O)N2CCC(NC(=O)N(C)CC(O)c3ccccc3)C2)cn1. The zero-order valence-corrected chi connectivity index (χ0v) is 16.2. The summed E-state index contributed by atoms with van der Waals surface area (Å²) in [6.07, 6.45) is 1.54. The van der Waals surface area contributed by atoms with Crippen LogP contribution >= 0.6 is 0 Å². The summed E-state index contributed by atoms with van der Waals surface area (Å²) in [5.41, 5.74) is 2.19. The molecule has 3 amide bonds. The van der Waals surface area contributed by atoms with E-state index in [1.54, 1.807) is 24.2 Å². The minimum absolute atomic E-state index is 0.0721. The van der Waals surface area contributed by atoms with E-state index >= 15 is 0 Å². The third-order valence-corrected chi connectivity index (χ3v) is 4.94. The molecule has 1 saturated heterocycles. The number of benzene rings is 1. The van der Waals surface area contributed by atoms with Crippen molar-refractivity contribution >= 4 is 11.9 Å². The Kier molecular flexibility index (Phi) is 6.26. The summed E-state index contributed by atoms with van der Waals surface area (Å²) in [4.78, 5) is 32.4. The summed E-state index contributed by atoms with van der Waals surface area (Å²) < 4.78 is 0. The van der Waals surface area contributed by atoms with E-state index < -0.39 is 6.10 Å². The van der Waals surface area contributed by atoms with Gasteiger partial charge < -0.3 is 20.2 Å². The van der Waals surface area contributed by atoms with Gasteiger partial charge in [-0.05, 0) is 31.0 Å². The van der Waals surface area contributed by atoms with Crippen LogP contribution in [0.25, 0.3) is 0 Å². The van der Waals surface area contributed by atoms with Crippen molar-refractivity contribution in [2.45, 2.75) is 25.5 Å². The number of aliphatic hydroxyl groups excluding tert-OH is 1. The number of nitrogens with one attached hydrogen (secondary N) is 1. The van der Waals surface area contributed by atoms with Gasteiger partial charge in [0.1, 0.15) is 0 Å². The molecule has 0 spiro atoms. The molecular weight excluding hydrogens is 356 g/mol. The molecule has 7 heteroatoms. The van der Waals surface area contributed by atoms with Crippen LogP contribution in [-0.4, -0.2) is 64.6 Å². The number of nitrogens with zero attached hydrogens (tertiary/aromatic N) is 3. The molecule has 2 aromatic rings. The maximum Gasteiger partial charge on any atom is 0.317 e. The number of amides is 3. The van der Waals surface area contributed by atoms with E-state index in [0.717, 1.165) is 11.3 Å². The Bertz CT molecular complexity index is 810. The summed E-state index contributed by atoms with van der Waals surface area (Å²) in [5, 5.41) is 13.2. The van der Waals surface area contributed by atoms with Gasteiger partial charge in [0.05, 0.1) is 18.2 Å². The van der Waals surface area contributed by atoms with Crippen molar-refractivity contribution in [3.63, 3.8) is 0 Å². The van der Waals surface area contributed by atoms with Crippen LogP contribution in [0.3, 0.4) is 0 Å². The lowest BCUT2D eigenvalue weighted by Gasteiger charge is -2.24. The summed E-state index contributed by atoms with van der Waals surface area (Å²) in [7, 11) is 1.65. The molecule has 0 radical (unpaired) electrons. The first-order valence-electron chi connectivity index (χ1n) is 9.40. The molecule has 2 N–H and O–H groups in total. The summed E-state index contributed by atoms with van der Waals surface area (Å²) in [5.74, 6) is -0.0721. The third kappa shape index (κ3) is 4.86. The normalized spacial score (nSPS) is 17.2. The van der Waals surface area contributed by atoms with E-state index in [4.69, 9.17) is 0 Å². The van der Waals surface area contributed by atoms with Gasteiger partial charge in [-0.2, -0.15) is 0 Å². The maximum absolute atomic E-state index is 12.6. The van der Waals surface area contributed by atoms with Gasteiger partial charge in [0.25, 0.3) is 5.91 Å². The Balaban J connectivity index is 1.49. The number of carbonyl (C=O) groups excluding carboxylic acids is 2. The molecule has 0 aliphatic carbocycles. The lowest BCUT2D eigenvalue weighted by Crippen LogP contribution is -2.45. The van der Waals surface area contributed by atoms with Crippen molar-refractivity contribution in [2.75, 3.05) is 26.7 Å². The molecule has 1 aromatic carbocycles. The second-order valence-corrected chi connectivity index (χ2v) is 7.18. The average Bonchev–Trinajstić information content (AvgIpc) is 3.17. The molecule has 1 aliphatic heterocycles. The van der Waals surface area contributed by atoms with Gasteiger partial charge in [-0.1, -0.05) is 30.3 Å². The number of aryl methyl sites for hydroxylation is 1. The fourth-order valence-corrected chi connectivity index (χ4v) is 3.25. The van der Waals surface area contributed by atoms with Crippen LogP contribution in [0.15, 0.2) is 48.7 Å². The van der Waals surface area contributed by atoms with Crippen LogP contribution < -0.4 is 5.32 Å². The molecule has 1 fully saturated rings. The van der Waals surface area contributed by atoms with Crippen LogP contribution in [0.5, 0.6) is 0 Å². The van der Waals surface area contributed by atoms with Crippen LogP contribution in [0.1, 0.15) is 34.1 Å². The molecule has 2 heterocycles. The molecule has 7 nitrogen and oxygen atoms in total. The zero-order chi connectivity index (χ0) is 20.1. The highest BCUT2D eigenvalue weighted by molar-refractivity contribution is 5.94. The smallest absolute Gasteiger partial charge is 0.317 e. The number of carbonyl (C=O) groups is 2. The number of urea groups is 1. The molecule has 2 unspecified atom stereocenters. The van der Waals surface area contributed by atoms with Crippen molar-refractivity contribution < 1.29 is 14.7 Å². The Hall–Kier alpha value is -2.93. The highest BCUT2D eigenvalue weighted by Crippen LogP contribution is 2.15. The molecule has 0 bridgehead atoms. The molecular formula is C21H26N4O3. The quantitative estimate of drug-likeness (QED) is 0.828. The van der Waals surface area contributed by atoms with Crippen molar-refractivity contribution in [3.05, 3.63) is 65.5 Å². The van der Waals surface area contributed by atoms with Gasteiger partial charge in [-0.15, -0.1) is 0 Å². The van der Waals surface area contributed by atoms with E-state index in [-0.39, 0.29) is 24.5 Å². The minimum atomic E-state index is -0.743. The van der Waals surface area contributed by atoms with Gasteiger partial charge in [-0.25, -0.2) is 4.79 Å². The van der Waals surface area contributed by atoms with E-state index in [9.17, 15) is 14.7 Å². The van der Waals surface area contributed by atoms with Gasteiger partial charge in [-0.3, -0.25) is 9.78 Å². The van der Waals surface area contributed by atoms with Crippen LogP contribution in [0.4, 0.5) is 4.79 Å². The zero-order valence-electron chi connectivity index (χ0n) is 16.2. The summed E-state index contributed by atoms with van der Waals surface area (Å²) in [6, 6.07) is 12.5. The molecule has 2 atom stereocenters. The summed E-state index contributed by atoms with van der Waals surface area (Å²) >= 11 is 0. The second-order valence-electron chi connectivity index (χ2n) is 7.18. The van der Waals surface area contributed by atoms with E-state index in [1.165, 1.54) is 4.90 Å². The van der Waals surface area contributed by atoms with E-state index in [0.29, 0.717) is 25.1 Å². The van der Waals surface area contributed by atoms with Crippen molar-refractivity contribution in [2.24, 2.45) is 0 Å². The predicted molar refractivity (Wildman–Crippen MR) is 106 cm³/mol. The Labute approximate surface area is 165 Å². The number of pyridine rings is 1. The minimum Gasteiger partial charge on any atom is -0.387 e. The number of likely N-dealkylation sites (tertiary alicyclic amines) is 1. The topological polar surface area (TPSA) is 85.8 Å². The van der Waals surface area contributed by atoms with Gasteiger partial charge in [0, 0.05) is 38.1 Å². The van der Waals surface area contributed by atoms with Crippen molar-refractivity contribution in [1.29, 1.82) is 0 Å². The van der Waals surface area contributed by atoms with Crippen molar-refractivity contribution in [3.8, 4) is 0 Å². The molecule has 0 saturated carbocycles. The van der Waals surface area contributed by atoms with Crippen LogP contribution in [0, 0.1) is 6.92 Å². The molecule has 1 aliphatic rings. The lowest BCUT2D eigenvalue weighted by atomic mass is 10.1. The lowest BCUT2D eigenvalue weighted by molar-refractivity contribution is 0.0788. The van der Waals surface area contributed by atoms with E-state index in [1.807, 2.05) is 43.3 Å². The van der Waals surface area contributed by atoms with Gasteiger partial charge in [0.15, 0.2) is 0 Å². The van der Waals surface area contributed by atoms with E-state index in [2.05, 4.69) is 10.3 Å². The monoisotopic (exact) mass is 382 g/mol. The Morgan fingerprint density at radius 3 is 2.71 bits per heavy atom. The molecule has 148 valence electrons. The first-order chi connectivity index (χ1) is 13.4. The number of aromatic nitrogens is 1. The highest BCUT2D eigenvalue weighted by atomic mass is 16.3. The first-order valence-corrected chi connectivity index (χ1v) is 9.40. The summed E-state index contributed by atoms with van der Waals surface area (Å²) in [6.45, 7) is 3.13. The number of rotatable bonds is 5. The Morgan fingerprint density at radius 1 is 1.29 bits per heavy atom. The van der Waals surface area contributed by atoms with Gasteiger partial charge in [0.2, 0.25) is 0 Å². The van der Waals surface area contributed by atoms with Crippen LogP contribution in [0.2, 0.25) is 0 Å². The fraction of sp³-hybridized carbons (Fsp3) is 0.381. The average molecular weight is 382 g/mol. The highest BCUT2D eigenvalue weighted by Gasteiger charge is 2.29. The van der Waals surface area contributed by atoms with Crippen LogP contribution in [-0.2, 0) is 0 Å². The molecule has 3 rings (SSSR count). The standard InChI is InChI=1S/C21H26N4O3/c1-15-8-9-17(12-22-15)20(27)25-11-10-18(13-25)23-21(28)24(2)14-19(26)16-6-4-3-5-7-16/h3-9,12,18-19,26H,10-11,13-14H2,1-2H3,(H,23,28). The second kappa shape index (κ2) is 8.84. The van der Waals surface area contributed by atoms with Gasteiger partial charge >= 0.3 is 6.03 Å². The molecule has 1 aromatic heterocycles. The van der Waals surface area contributed by atoms with Crippen molar-refractivity contribution in [1.82, 2.24) is 20.1 Å². The predicted octanol–water partition coefficient (Wildman–Crippen LogP) is 1.98. The largest absolute Gasteiger partial charge is 0.387 e.